The zero-order valence-electron chi connectivity index (χ0n) is 13.1. The van der Waals surface area contributed by atoms with E-state index in [2.05, 4.69) is 4.98 Å². The van der Waals surface area contributed by atoms with E-state index in [0.717, 1.165) is 0 Å². The summed E-state index contributed by atoms with van der Waals surface area (Å²) in [7, 11) is -3.13. The molecule has 1 aromatic carbocycles. The van der Waals surface area contributed by atoms with E-state index in [4.69, 9.17) is 11.6 Å². The van der Waals surface area contributed by atoms with Crippen molar-refractivity contribution in [1.82, 2.24) is 9.88 Å². The van der Waals surface area contributed by atoms with Crippen molar-refractivity contribution in [2.45, 2.75) is 19.4 Å². The first-order valence-corrected chi connectivity index (χ1v) is 9.84. The van der Waals surface area contributed by atoms with Crippen LogP contribution in [0.5, 0.6) is 0 Å². The molecule has 0 bridgehead atoms. The first-order chi connectivity index (χ1) is 11.3. The van der Waals surface area contributed by atoms with E-state index in [-0.39, 0.29) is 17.1 Å². The lowest BCUT2D eigenvalue weighted by molar-refractivity contribution is -0.128. The highest BCUT2D eigenvalue weighted by atomic mass is 35.5. The second kappa shape index (κ2) is 6.22. The molecule has 1 atom stereocenters. The van der Waals surface area contributed by atoms with Gasteiger partial charge in [-0.15, -0.1) is 0 Å². The van der Waals surface area contributed by atoms with E-state index >= 15 is 0 Å². The molecule has 1 aromatic heterocycles. The highest BCUT2D eigenvalue weighted by molar-refractivity contribution is 7.91. The van der Waals surface area contributed by atoms with Gasteiger partial charge in [-0.3, -0.25) is 9.59 Å². The molecule has 1 aliphatic rings. The van der Waals surface area contributed by atoms with Crippen LogP contribution in [0.2, 0.25) is 5.02 Å². The third-order valence-corrected chi connectivity index (χ3v) is 6.32. The topological polar surface area (TPSA) is 87.3 Å². The molecule has 1 unspecified atom stereocenters. The Hall–Kier alpha value is -1.86. The standard InChI is InChI=1S/C16H17ClN2O4S/c1-2-19(11-5-6-24(22,23)9-11)16(21)15(20)13-8-18-14-7-10(17)3-4-12(13)14/h3-4,7-8,11,18H,2,5-6,9H2,1H3. The molecule has 1 amide bonds. The van der Waals surface area contributed by atoms with Crippen molar-refractivity contribution in [3.05, 3.63) is 35.0 Å². The normalized spacial score (nSPS) is 19.5. The molecule has 128 valence electrons. The number of halogens is 1. The SMILES string of the molecule is CCN(C(=O)C(=O)c1c[nH]c2cc(Cl)ccc12)C1CCS(=O)(=O)C1. The van der Waals surface area contributed by atoms with Crippen LogP contribution in [-0.4, -0.2) is 54.1 Å². The Morgan fingerprint density at radius 2 is 2.12 bits per heavy atom. The van der Waals surface area contributed by atoms with Crippen LogP contribution in [0.25, 0.3) is 10.9 Å². The Morgan fingerprint density at radius 3 is 2.75 bits per heavy atom. The number of hydrogen-bond donors (Lipinski definition) is 1. The number of amides is 1. The lowest BCUT2D eigenvalue weighted by Crippen LogP contribution is -2.44. The minimum absolute atomic E-state index is 0.0568. The maximum Gasteiger partial charge on any atom is 0.295 e. The van der Waals surface area contributed by atoms with Crippen molar-refractivity contribution in [3.63, 3.8) is 0 Å². The highest BCUT2D eigenvalue weighted by Gasteiger charge is 2.36. The first kappa shape index (κ1) is 17.0. The van der Waals surface area contributed by atoms with Gasteiger partial charge in [0.2, 0.25) is 0 Å². The van der Waals surface area contributed by atoms with Gasteiger partial charge in [0.05, 0.1) is 17.1 Å². The molecule has 0 radical (unpaired) electrons. The summed E-state index contributed by atoms with van der Waals surface area (Å²) in [6.45, 7) is 2.03. The van der Waals surface area contributed by atoms with Crippen molar-refractivity contribution in [2.24, 2.45) is 0 Å². The van der Waals surface area contributed by atoms with Crippen LogP contribution < -0.4 is 0 Å². The zero-order chi connectivity index (χ0) is 17.5. The number of fused-ring (bicyclic) bond motifs is 1. The number of aromatic nitrogens is 1. The summed E-state index contributed by atoms with van der Waals surface area (Å²) in [5.74, 6) is -1.34. The van der Waals surface area contributed by atoms with Gasteiger partial charge >= 0.3 is 0 Å². The van der Waals surface area contributed by atoms with Gasteiger partial charge in [0.15, 0.2) is 9.84 Å². The molecule has 0 aliphatic carbocycles. The molecule has 8 heteroatoms. The molecule has 1 N–H and O–H groups in total. The minimum atomic E-state index is -3.13. The molecule has 1 saturated heterocycles. The molecule has 2 heterocycles. The summed E-state index contributed by atoms with van der Waals surface area (Å²) < 4.78 is 23.3. The van der Waals surface area contributed by atoms with Gasteiger partial charge in [-0.25, -0.2) is 8.42 Å². The lowest BCUT2D eigenvalue weighted by Gasteiger charge is -2.25. The van der Waals surface area contributed by atoms with Crippen molar-refractivity contribution in [3.8, 4) is 0 Å². The van der Waals surface area contributed by atoms with Gasteiger partial charge in [0.1, 0.15) is 0 Å². The number of rotatable bonds is 4. The van der Waals surface area contributed by atoms with Gasteiger partial charge in [-0.2, -0.15) is 0 Å². The van der Waals surface area contributed by atoms with Crippen LogP contribution in [0.15, 0.2) is 24.4 Å². The molecule has 1 aliphatic heterocycles. The molecule has 3 rings (SSSR count). The zero-order valence-corrected chi connectivity index (χ0v) is 14.7. The van der Waals surface area contributed by atoms with Crippen molar-refractivity contribution in [2.75, 3.05) is 18.1 Å². The smallest absolute Gasteiger partial charge is 0.295 e. The van der Waals surface area contributed by atoms with E-state index in [1.165, 1.54) is 11.1 Å². The number of carbonyl (C=O) groups is 2. The van der Waals surface area contributed by atoms with E-state index in [0.29, 0.717) is 28.9 Å². The van der Waals surface area contributed by atoms with Crippen LogP contribution in [0.1, 0.15) is 23.7 Å². The molecule has 2 aromatic rings. The maximum absolute atomic E-state index is 12.6. The Balaban J connectivity index is 1.88. The molecule has 1 fully saturated rings. The number of nitrogens with zero attached hydrogens (tertiary/aromatic N) is 1. The van der Waals surface area contributed by atoms with Gasteiger partial charge in [-0.1, -0.05) is 17.7 Å². The molecular formula is C16H17ClN2O4S. The summed E-state index contributed by atoms with van der Waals surface area (Å²) in [5.41, 5.74) is 0.941. The first-order valence-electron chi connectivity index (χ1n) is 7.64. The largest absolute Gasteiger partial charge is 0.360 e. The van der Waals surface area contributed by atoms with Crippen LogP contribution >= 0.6 is 11.6 Å². The Kier molecular flexibility index (Phi) is 4.40. The number of carbonyl (C=O) groups excluding carboxylic acids is 2. The Morgan fingerprint density at radius 1 is 1.38 bits per heavy atom. The third kappa shape index (κ3) is 3.06. The minimum Gasteiger partial charge on any atom is -0.360 e. The number of hydrogen-bond acceptors (Lipinski definition) is 4. The molecule has 0 saturated carbocycles. The maximum atomic E-state index is 12.6. The van der Waals surface area contributed by atoms with Crippen molar-refractivity contribution >= 4 is 44.0 Å². The number of Topliss-reactive ketones (excluding diaryl/α,β-unsaturated/α-hetero) is 1. The van der Waals surface area contributed by atoms with Crippen molar-refractivity contribution < 1.29 is 18.0 Å². The summed E-state index contributed by atoms with van der Waals surface area (Å²) in [6, 6.07) is 4.58. The van der Waals surface area contributed by atoms with Crippen LogP contribution in [0, 0.1) is 0 Å². The molecule has 24 heavy (non-hydrogen) atoms. The summed E-state index contributed by atoms with van der Waals surface area (Å²) in [5, 5.41) is 1.15. The number of aromatic amines is 1. The van der Waals surface area contributed by atoms with E-state index in [1.54, 1.807) is 25.1 Å². The predicted octanol–water partition coefficient (Wildman–Crippen LogP) is 2.04. The second-order valence-corrected chi connectivity index (χ2v) is 8.53. The van der Waals surface area contributed by atoms with Gasteiger partial charge in [-0.05, 0) is 25.5 Å². The average molecular weight is 369 g/mol. The number of ketones is 1. The second-order valence-electron chi connectivity index (χ2n) is 5.87. The fraction of sp³-hybridized carbons (Fsp3) is 0.375. The summed E-state index contributed by atoms with van der Waals surface area (Å²) in [4.78, 5) is 29.5. The monoisotopic (exact) mass is 368 g/mol. The van der Waals surface area contributed by atoms with Gasteiger partial charge in [0, 0.05) is 34.7 Å². The van der Waals surface area contributed by atoms with E-state index in [1.807, 2.05) is 0 Å². The van der Waals surface area contributed by atoms with Gasteiger partial charge in [0.25, 0.3) is 11.7 Å². The fourth-order valence-corrected chi connectivity index (χ4v) is 5.02. The number of likely N-dealkylation sites (N-methyl/N-ethyl adjacent to an activating group) is 1. The van der Waals surface area contributed by atoms with Crippen LogP contribution in [-0.2, 0) is 14.6 Å². The third-order valence-electron chi connectivity index (χ3n) is 4.33. The van der Waals surface area contributed by atoms with Crippen molar-refractivity contribution in [1.29, 1.82) is 0 Å². The average Bonchev–Trinajstić information content (AvgIpc) is 3.10. The molecule has 0 spiro atoms. The number of sulfone groups is 1. The number of benzene rings is 1. The quantitative estimate of drug-likeness (QED) is 0.660. The molecular weight excluding hydrogens is 352 g/mol. The Bertz CT molecular complexity index is 919. The van der Waals surface area contributed by atoms with Crippen LogP contribution in [0.4, 0.5) is 0 Å². The van der Waals surface area contributed by atoms with Gasteiger partial charge < -0.3 is 9.88 Å². The summed E-state index contributed by atoms with van der Waals surface area (Å²) >= 11 is 5.92. The fourth-order valence-electron chi connectivity index (χ4n) is 3.12. The number of nitrogens with one attached hydrogen (secondary N) is 1. The summed E-state index contributed by atoms with van der Waals surface area (Å²) in [6.07, 6.45) is 1.86. The lowest BCUT2D eigenvalue weighted by atomic mass is 10.1. The van der Waals surface area contributed by atoms with E-state index < -0.39 is 27.6 Å². The number of H-pyrrole nitrogens is 1. The van der Waals surface area contributed by atoms with E-state index in [9.17, 15) is 18.0 Å². The highest BCUT2D eigenvalue weighted by Crippen LogP contribution is 2.24. The van der Waals surface area contributed by atoms with Crippen LogP contribution in [0.3, 0.4) is 0 Å². The predicted molar refractivity (Wildman–Crippen MR) is 92.1 cm³/mol. The molecule has 6 nitrogen and oxygen atoms in total. The Labute approximate surface area is 144 Å².